The Kier molecular flexibility index (Phi) is 3.71. The van der Waals surface area contributed by atoms with E-state index in [1.165, 1.54) is 0 Å². The second-order valence-corrected chi connectivity index (χ2v) is 3.79. The highest BCUT2D eigenvalue weighted by molar-refractivity contribution is 5.57. The Morgan fingerprint density at radius 3 is 2.88 bits per heavy atom. The van der Waals surface area contributed by atoms with Gasteiger partial charge in [0, 0.05) is 12.1 Å². The minimum absolute atomic E-state index is 0.454. The maximum atomic E-state index is 10.00. The van der Waals surface area contributed by atoms with Crippen LogP contribution in [-0.4, -0.2) is 39.0 Å². The zero-order valence-corrected chi connectivity index (χ0v) is 10.0. The average Bonchev–Trinajstić information content (AvgIpc) is 2.37. The summed E-state index contributed by atoms with van der Waals surface area (Å²) >= 11 is 0. The molecule has 0 spiro atoms. The quantitative estimate of drug-likeness (QED) is 0.810. The van der Waals surface area contributed by atoms with Crippen LogP contribution < -0.4 is 19.5 Å². The number of nitrogens with one attached hydrogen (secondary N) is 1. The van der Waals surface area contributed by atoms with Gasteiger partial charge in [0.05, 0.1) is 13.2 Å². The van der Waals surface area contributed by atoms with Crippen LogP contribution in [0.3, 0.4) is 0 Å². The normalized spacial score (nSPS) is 15.5. The van der Waals surface area contributed by atoms with E-state index in [4.69, 9.17) is 14.2 Å². The molecule has 0 aliphatic carbocycles. The van der Waals surface area contributed by atoms with E-state index in [1.54, 1.807) is 26.3 Å². The van der Waals surface area contributed by atoms with Crippen molar-refractivity contribution >= 4 is 0 Å². The van der Waals surface area contributed by atoms with Gasteiger partial charge < -0.3 is 24.6 Å². The average molecular weight is 239 g/mol. The molecular formula is C12H17NO4. The summed E-state index contributed by atoms with van der Waals surface area (Å²) in [4.78, 5) is 0. The van der Waals surface area contributed by atoms with Crippen molar-refractivity contribution in [1.29, 1.82) is 0 Å². The van der Waals surface area contributed by atoms with Crippen LogP contribution in [0.4, 0.5) is 0 Å². The monoisotopic (exact) mass is 239 g/mol. The number of methoxy groups -OCH3 is 1. The molecule has 0 saturated carbocycles. The molecular weight excluding hydrogens is 222 g/mol. The first-order valence-electron chi connectivity index (χ1n) is 5.57. The molecule has 1 aromatic carbocycles. The molecule has 1 aliphatic heterocycles. The summed E-state index contributed by atoms with van der Waals surface area (Å²) in [6.07, 6.45) is -0.634. The molecule has 5 heteroatoms. The Morgan fingerprint density at radius 2 is 2.18 bits per heavy atom. The van der Waals surface area contributed by atoms with Crippen molar-refractivity contribution in [2.24, 2.45) is 0 Å². The van der Waals surface area contributed by atoms with Gasteiger partial charge in [-0.3, -0.25) is 0 Å². The lowest BCUT2D eigenvalue weighted by Gasteiger charge is -2.23. The standard InChI is InChI=1S/C12H17NO4/c1-13-7-9(14)8-3-4-10-12(11(8)15-2)17-6-5-16-10/h3-4,9,13-14H,5-7H2,1-2H3. The predicted octanol–water partition coefficient (Wildman–Crippen LogP) is 0.719. The highest BCUT2D eigenvalue weighted by Gasteiger charge is 2.23. The smallest absolute Gasteiger partial charge is 0.204 e. The molecule has 0 saturated heterocycles. The second-order valence-electron chi connectivity index (χ2n) is 3.79. The number of hydrogen-bond donors (Lipinski definition) is 2. The van der Waals surface area contributed by atoms with E-state index in [0.717, 1.165) is 0 Å². The molecule has 0 amide bonds. The zero-order chi connectivity index (χ0) is 12.3. The molecule has 0 radical (unpaired) electrons. The summed E-state index contributed by atoms with van der Waals surface area (Å²) in [6, 6.07) is 3.60. The highest BCUT2D eigenvalue weighted by Crippen LogP contribution is 2.43. The zero-order valence-electron chi connectivity index (χ0n) is 10.0. The lowest BCUT2D eigenvalue weighted by atomic mass is 10.1. The second kappa shape index (κ2) is 5.25. The molecule has 1 aliphatic rings. The Morgan fingerprint density at radius 1 is 1.41 bits per heavy atom. The molecule has 94 valence electrons. The molecule has 5 nitrogen and oxygen atoms in total. The minimum Gasteiger partial charge on any atom is -0.492 e. The van der Waals surface area contributed by atoms with Crippen molar-refractivity contribution in [3.8, 4) is 17.2 Å². The van der Waals surface area contributed by atoms with Gasteiger partial charge in [-0.25, -0.2) is 0 Å². The summed E-state index contributed by atoms with van der Waals surface area (Å²) < 4.78 is 16.3. The first-order valence-corrected chi connectivity index (χ1v) is 5.57. The van der Waals surface area contributed by atoms with Crippen molar-refractivity contribution in [1.82, 2.24) is 5.32 Å². The summed E-state index contributed by atoms with van der Waals surface area (Å²) in [5.74, 6) is 1.78. The Hall–Kier alpha value is -1.46. The number of fused-ring (bicyclic) bond motifs is 1. The van der Waals surface area contributed by atoms with Crippen molar-refractivity contribution in [3.05, 3.63) is 17.7 Å². The fourth-order valence-electron chi connectivity index (χ4n) is 1.88. The molecule has 0 fully saturated rings. The molecule has 0 bridgehead atoms. The van der Waals surface area contributed by atoms with Gasteiger partial charge in [0.15, 0.2) is 11.5 Å². The van der Waals surface area contributed by atoms with Gasteiger partial charge in [-0.15, -0.1) is 0 Å². The number of aliphatic hydroxyl groups excluding tert-OH is 1. The summed E-state index contributed by atoms with van der Waals surface area (Å²) in [7, 11) is 3.34. The van der Waals surface area contributed by atoms with E-state index in [-0.39, 0.29) is 0 Å². The molecule has 0 aromatic heterocycles. The number of hydrogen-bond acceptors (Lipinski definition) is 5. The van der Waals surface area contributed by atoms with Crippen LogP contribution in [0.2, 0.25) is 0 Å². The number of ether oxygens (including phenoxy) is 3. The van der Waals surface area contributed by atoms with Crippen LogP contribution in [0.1, 0.15) is 11.7 Å². The largest absolute Gasteiger partial charge is 0.492 e. The molecule has 1 unspecified atom stereocenters. The van der Waals surface area contributed by atoms with E-state index in [0.29, 0.717) is 42.6 Å². The maximum absolute atomic E-state index is 10.00. The first-order chi connectivity index (χ1) is 8.27. The van der Waals surface area contributed by atoms with Crippen molar-refractivity contribution in [3.63, 3.8) is 0 Å². The van der Waals surface area contributed by atoms with Gasteiger partial charge >= 0.3 is 0 Å². The lowest BCUT2D eigenvalue weighted by Crippen LogP contribution is -2.19. The maximum Gasteiger partial charge on any atom is 0.204 e. The molecule has 17 heavy (non-hydrogen) atoms. The predicted molar refractivity (Wildman–Crippen MR) is 62.9 cm³/mol. The third kappa shape index (κ3) is 2.30. The van der Waals surface area contributed by atoms with Gasteiger partial charge in [0.1, 0.15) is 13.2 Å². The number of rotatable bonds is 4. The molecule has 2 N–H and O–H groups in total. The third-order valence-corrected chi connectivity index (χ3v) is 2.65. The Bertz CT molecular complexity index is 394. The molecule has 1 heterocycles. The van der Waals surface area contributed by atoms with Gasteiger partial charge in [0.25, 0.3) is 0 Å². The summed E-state index contributed by atoms with van der Waals surface area (Å²) in [6.45, 7) is 1.49. The van der Waals surface area contributed by atoms with Crippen molar-refractivity contribution < 1.29 is 19.3 Å². The molecule has 1 atom stereocenters. The SMILES string of the molecule is CNCC(O)c1ccc2c(c1OC)OCCO2. The van der Waals surface area contributed by atoms with Crippen LogP contribution in [0.5, 0.6) is 17.2 Å². The Labute approximate surface area is 100 Å². The third-order valence-electron chi connectivity index (χ3n) is 2.65. The lowest BCUT2D eigenvalue weighted by molar-refractivity contribution is 0.154. The molecule has 2 rings (SSSR count). The van der Waals surface area contributed by atoms with E-state index in [2.05, 4.69) is 5.32 Å². The van der Waals surface area contributed by atoms with Gasteiger partial charge in [-0.05, 0) is 19.2 Å². The first kappa shape index (κ1) is 12.0. The topological polar surface area (TPSA) is 60.0 Å². The number of benzene rings is 1. The Balaban J connectivity index is 2.39. The van der Waals surface area contributed by atoms with Crippen LogP contribution >= 0.6 is 0 Å². The van der Waals surface area contributed by atoms with Gasteiger partial charge in [0.2, 0.25) is 5.75 Å². The minimum atomic E-state index is -0.634. The number of aliphatic hydroxyl groups is 1. The number of likely N-dealkylation sites (N-methyl/N-ethyl adjacent to an activating group) is 1. The van der Waals surface area contributed by atoms with Crippen molar-refractivity contribution in [2.45, 2.75) is 6.10 Å². The van der Waals surface area contributed by atoms with E-state index in [9.17, 15) is 5.11 Å². The van der Waals surface area contributed by atoms with E-state index < -0.39 is 6.10 Å². The fraction of sp³-hybridized carbons (Fsp3) is 0.500. The van der Waals surface area contributed by atoms with Crippen LogP contribution in [0, 0.1) is 0 Å². The van der Waals surface area contributed by atoms with Crippen LogP contribution in [0.15, 0.2) is 12.1 Å². The molecule has 1 aromatic rings. The summed E-state index contributed by atoms with van der Waals surface area (Å²) in [5.41, 5.74) is 0.700. The van der Waals surface area contributed by atoms with Crippen LogP contribution in [-0.2, 0) is 0 Å². The summed E-state index contributed by atoms with van der Waals surface area (Å²) in [5, 5.41) is 12.9. The highest BCUT2D eigenvalue weighted by atomic mass is 16.6. The van der Waals surface area contributed by atoms with E-state index >= 15 is 0 Å². The van der Waals surface area contributed by atoms with Crippen LogP contribution in [0.25, 0.3) is 0 Å². The fourth-order valence-corrected chi connectivity index (χ4v) is 1.88. The van der Waals surface area contributed by atoms with E-state index in [1.807, 2.05) is 0 Å². The van der Waals surface area contributed by atoms with Gasteiger partial charge in [-0.2, -0.15) is 0 Å². The van der Waals surface area contributed by atoms with Crippen molar-refractivity contribution in [2.75, 3.05) is 33.9 Å². The van der Waals surface area contributed by atoms with Gasteiger partial charge in [-0.1, -0.05) is 0 Å².